The van der Waals surface area contributed by atoms with E-state index in [1.807, 2.05) is 13.8 Å². The Balaban J connectivity index is 3.09. The summed E-state index contributed by atoms with van der Waals surface area (Å²) >= 11 is 0. The molecule has 0 saturated carbocycles. The minimum atomic E-state index is 0.753. The van der Waals surface area contributed by atoms with Gasteiger partial charge in [-0.3, -0.25) is 0 Å². The quantitative estimate of drug-likeness (QED) is 0.258. The Hall–Kier alpha value is -0.465. The Morgan fingerprint density at radius 2 is 2.00 bits per heavy atom. The summed E-state index contributed by atoms with van der Waals surface area (Å²) in [5.74, 6) is 0. The van der Waals surface area contributed by atoms with Crippen LogP contribution < -0.4 is 0 Å². The van der Waals surface area contributed by atoms with Crippen LogP contribution in [0.25, 0.3) is 0 Å². The van der Waals surface area contributed by atoms with E-state index in [1.54, 1.807) is 0 Å². The zero-order chi connectivity index (χ0) is 8.69. The molecular formula is C8H18BNO. The first-order valence-corrected chi connectivity index (χ1v) is 4.26. The second-order valence-electron chi connectivity index (χ2n) is 3.41. The van der Waals surface area contributed by atoms with E-state index in [1.165, 1.54) is 6.32 Å². The topological polar surface area (TPSA) is 21.6 Å². The molecule has 0 aromatic heterocycles. The second kappa shape index (κ2) is 6.26. The van der Waals surface area contributed by atoms with Gasteiger partial charge in [-0.2, -0.15) is 0 Å². The lowest BCUT2D eigenvalue weighted by Gasteiger charge is -2.00. The van der Waals surface area contributed by atoms with Crippen molar-refractivity contribution < 1.29 is 4.84 Å². The Bertz CT molecular complexity index is 119. The van der Waals surface area contributed by atoms with Gasteiger partial charge in [-0.25, -0.2) is 0 Å². The summed E-state index contributed by atoms with van der Waals surface area (Å²) in [6, 6.07) is 0. The second-order valence-corrected chi connectivity index (χ2v) is 3.41. The van der Waals surface area contributed by atoms with Crippen molar-refractivity contribution in [1.29, 1.82) is 0 Å². The van der Waals surface area contributed by atoms with Gasteiger partial charge in [0.2, 0.25) is 0 Å². The van der Waals surface area contributed by atoms with Crippen LogP contribution in [0.1, 0.15) is 20.3 Å². The van der Waals surface area contributed by atoms with Gasteiger partial charge in [0.15, 0.2) is 0 Å². The first kappa shape index (κ1) is 10.5. The van der Waals surface area contributed by atoms with Crippen LogP contribution in [-0.2, 0) is 4.84 Å². The summed E-state index contributed by atoms with van der Waals surface area (Å²) in [6.45, 7) is 9.82. The highest BCUT2D eigenvalue weighted by molar-refractivity contribution is 6.55. The zero-order valence-electron chi connectivity index (χ0n) is 8.05. The summed E-state index contributed by atoms with van der Waals surface area (Å²) in [7, 11) is 0. The van der Waals surface area contributed by atoms with Crippen LogP contribution in [0.5, 0.6) is 0 Å². The Kier molecular flexibility index (Phi) is 5.99. The van der Waals surface area contributed by atoms with E-state index in [0.29, 0.717) is 0 Å². The first-order valence-electron chi connectivity index (χ1n) is 4.26. The number of hydrogen-bond acceptors (Lipinski definition) is 2. The maximum absolute atomic E-state index is 5.03. The molecular weight excluding hydrogens is 137 g/mol. The third kappa shape index (κ3) is 9.53. The molecule has 0 rings (SSSR count). The highest BCUT2D eigenvalue weighted by Crippen LogP contribution is 1.97. The van der Waals surface area contributed by atoms with Crippen molar-refractivity contribution in [2.45, 2.75) is 40.2 Å². The predicted molar refractivity (Wildman–Crippen MR) is 51.6 cm³/mol. The molecule has 3 heteroatoms. The van der Waals surface area contributed by atoms with Crippen molar-refractivity contribution in [2.75, 3.05) is 6.61 Å². The van der Waals surface area contributed by atoms with Crippen LogP contribution >= 0.6 is 0 Å². The molecule has 0 radical (unpaired) electrons. The SMILES string of the molecule is CB(C)CCCON=C(C)C. The molecule has 0 bridgehead atoms. The van der Waals surface area contributed by atoms with Crippen molar-refractivity contribution in [3.63, 3.8) is 0 Å². The zero-order valence-corrected chi connectivity index (χ0v) is 8.05. The van der Waals surface area contributed by atoms with Crippen molar-refractivity contribution in [3.05, 3.63) is 0 Å². The molecule has 0 atom stereocenters. The number of oxime groups is 1. The summed E-state index contributed by atoms with van der Waals surface area (Å²) in [6.07, 6.45) is 2.33. The van der Waals surface area contributed by atoms with Gasteiger partial charge in [-0.05, 0) is 20.3 Å². The van der Waals surface area contributed by atoms with E-state index in [9.17, 15) is 0 Å². The maximum atomic E-state index is 5.03. The smallest absolute Gasteiger partial charge is 0.133 e. The molecule has 0 unspecified atom stereocenters. The Morgan fingerprint density at radius 3 is 2.45 bits per heavy atom. The summed E-state index contributed by atoms with van der Waals surface area (Å²) in [5, 5.41) is 3.84. The van der Waals surface area contributed by atoms with E-state index in [4.69, 9.17) is 4.84 Å². The molecule has 0 aliphatic rings. The third-order valence-electron chi connectivity index (χ3n) is 1.26. The van der Waals surface area contributed by atoms with E-state index < -0.39 is 0 Å². The molecule has 0 saturated heterocycles. The standard InChI is InChI=1S/C8H18BNO/c1-8(2)10-11-7-5-6-9(3)4/h5-7H2,1-4H3. The molecule has 0 fully saturated rings. The van der Waals surface area contributed by atoms with Crippen molar-refractivity contribution in [3.8, 4) is 0 Å². The van der Waals surface area contributed by atoms with Gasteiger partial charge in [0.25, 0.3) is 0 Å². The molecule has 64 valence electrons. The highest BCUT2D eigenvalue weighted by Gasteiger charge is 1.96. The average Bonchev–Trinajstić information content (AvgIpc) is 1.85. The number of hydrogen-bond donors (Lipinski definition) is 0. The Labute approximate surface area is 70.1 Å². The van der Waals surface area contributed by atoms with Crippen LogP contribution in [-0.4, -0.2) is 19.0 Å². The average molecular weight is 155 g/mol. The minimum absolute atomic E-state index is 0.753. The largest absolute Gasteiger partial charge is 0.396 e. The van der Waals surface area contributed by atoms with E-state index in [-0.39, 0.29) is 0 Å². The lowest BCUT2D eigenvalue weighted by atomic mass is 9.52. The molecule has 11 heavy (non-hydrogen) atoms. The third-order valence-corrected chi connectivity index (χ3v) is 1.26. The van der Waals surface area contributed by atoms with Crippen LogP contribution in [0.2, 0.25) is 20.0 Å². The lowest BCUT2D eigenvalue weighted by Crippen LogP contribution is -2.01. The van der Waals surface area contributed by atoms with Crippen molar-refractivity contribution in [1.82, 2.24) is 0 Å². The molecule has 0 N–H and O–H groups in total. The summed E-state index contributed by atoms with van der Waals surface area (Å²) in [5.41, 5.74) is 0.981. The minimum Gasteiger partial charge on any atom is -0.396 e. The van der Waals surface area contributed by atoms with Gasteiger partial charge >= 0.3 is 0 Å². The molecule has 0 aromatic carbocycles. The van der Waals surface area contributed by atoms with Gasteiger partial charge in [-0.15, -0.1) is 0 Å². The summed E-state index contributed by atoms with van der Waals surface area (Å²) < 4.78 is 0. The van der Waals surface area contributed by atoms with Crippen LogP contribution in [0, 0.1) is 0 Å². The van der Waals surface area contributed by atoms with Crippen molar-refractivity contribution >= 4 is 12.4 Å². The van der Waals surface area contributed by atoms with Crippen LogP contribution in [0.4, 0.5) is 0 Å². The fourth-order valence-corrected chi connectivity index (χ4v) is 0.731. The van der Waals surface area contributed by atoms with E-state index in [2.05, 4.69) is 18.8 Å². The van der Waals surface area contributed by atoms with Crippen LogP contribution in [0.3, 0.4) is 0 Å². The molecule has 0 heterocycles. The van der Waals surface area contributed by atoms with E-state index in [0.717, 1.165) is 25.5 Å². The van der Waals surface area contributed by atoms with E-state index >= 15 is 0 Å². The maximum Gasteiger partial charge on any atom is 0.133 e. The fourth-order valence-electron chi connectivity index (χ4n) is 0.731. The normalized spacial score (nSPS) is 9.09. The molecule has 0 amide bonds. The fraction of sp³-hybridized carbons (Fsp3) is 0.875. The van der Waals surface area contributed by atoms with Crippen molar-refractivity contribution in [2.24, 2.45) is 5.16 Å². The van der Waals surface area contributed by atoms with Gasteiger partial charge in [-0.1, -0.05) is 25.1 Å². The van der Waals surface area contributed by atoms with Gasteiger partial charge in [0.1, 0.15) is 13.3 Å². The molecule has 0 aliphatic carbocycles. The first-order chi connectivity index (χ1) is 5.13. The lowest BCUT2D eigenvalue weighted by molar-refractivity contribution is 0.144. The number of rotatable bonds is 5. The summed E-state index contributed by atoms with van der Waals surface area (Å²) in [4.78, 5) is 5.03. The highest BCUT2D eigenvalue weighted by atomic mass is 16.6. The van der Waals surface area contributed by atoms with Gasteiger partial charge < -0.3 is 4.84 Å². The van der Waals surface area contributed by atoms with Gasteiger partial charge in [0.05, 0.1) is 5.71 Å². The van der Waals surface area contributed by atoms with Crippen LogP contribution in [0.15, 0.2) is 5.16 Å². The molecule has 0 aromatic rings. The monoisotopic (exact) mass is 155 g/mol. The molecule has 2 nitrogen and oxygen atoms in total. The van der Waals surface area contributed by atoms with Gasteiger partial charge in [0, 0.05) is 0 Å². The molecule has 0 spiro atoms. The molecule has 0 aliphatic heterocycles. The predicted octanol–water partition coefficient (Wildman–Crippen LogP) is 2.54. The number of nitrogens with zero attached hydrogens (tertiary/aromatic N) is 1. The Morgan fingerprint density at radius 1 is 1.36 bits per heavy atom.